The van der Waals surface area contributed by atoms with E-state index in [-0.39, 0.29) is 0 Å². The lowest BCUT2D eigenvalue weighted by Gasteiger charge is -2.37. The van der Waals surface area contributed by atoms with Crippen LogP contribution in [0, 0.1) is 11.8 Å². The first-order chi connectivity index (χ1) is 8.19. The Morgan fingerprint density at radius 3 is 2.76 bits per heavy atom. The highest BCUT2D eigenvalue weighted by atomic mass is 16.5. The third-order valence-electron chi connectivity index (χ3n) is 4.10. The maximum absolute atomic E-state index is 5.49. The van der Waals surface area contributed by atoms with Crippen molar-refractivity contribution in [2.24, 2.45) is 11.8 Å². The summed E-state index contributed by atoms with van der Waals surface area (Å²) in [6.07, 6.45) is 1.13. The molecule has 2 nitrogen and oxygen atoms in total. The molecule has 0 saturated heterocycles. The lowest BCUT2D eigenvalue weighted by Crippen LogP contribution is -2.35. The zero-order valence-electron chi connectivity index (χ0n) is 11.3. The molecular weight excluding hydrogens is 210 g/mol. The third-order valence-corrected chi connectivity index (χ3v) is 4.10. The van der Waals surface area contributed by atoms with E-state index in [0.717, 1.165) is 18.7 Å². The Morgan fingerprint density at radius 2 is 2.12 bits per heavy atom. The zero-order chi connectivity index (χ0) is 12.4. The van der Waals surface area contributed by atoms with Crippen LogP contribution >= 0.6 is 0 Å². The van der Waals surface area contributed by atoms with E-state index in [4.69, 9.17) is 4.74 Å². The minimum Gasteiger partial charge on any atom is -0.496 e. The Labute approximate surface area is 104 Å². The number of hydrogen-bond acceptors (Lipinski definition) is 2. The fraction of sp³-hybridized carbons (Fsp3) is 0.600. The minimum atomic E-state index is 0.467. The van der Waals surface area contributed by atoms with Gasteiger partial charge in [0.2, 0.25) is 0 Å². The van der Waals surface area contributed by atoms with Gasteiger partial charge < -0.3 is 10.1 Å². The van der Waals surface area contributed by atoms with E-state index in [0.29, 0.717) is 17.9 Å². The molecule has 0 saturated carbocycles. The van der Waals surface area contributed by atoms with E-state index >= 15 is 0 Å². The fourth-order valence-corrected chi connectivity index (χ4v) is 2.92. The Kier molecular flexibility index (Phi) is 3.72. The number of methoxy groups -OCH3 is 1. The van der Waals surface area contributed by atoms with Gasteiger partial charge in [0.15, 0.2) is 0 Å². The molecule has 2 rings (SSSR count). The van der Waals surface area contributed by atoms with Crippen LogP contribution in [0.5, 0.6) is 5.75 Å². The van der Waals surface area contributed by atoms with Crippen LogP contribution in [0.3, 0.4) is 0 Å². The normalized spacial score (nSPS) is 27.6. The summed E-state index contributed by atoms with van der Waals surface area (Å²) in [6, 6.07) is 6.89. The highest BCUT2D eigenvalue weighted by Gasteiger charge is 2.32. The molecule has 0 radical (unpaired) electrons. The van der Waals surface area contributed by atoms with E-state index in [1.165, 1.54) is 11.1 Å². The molecule has 0 heterocycles. The average molecular weight is 233 g/mol. The van der Waals surface area contributed by atoms with Crippen molar-refractivity contribution < 1.29 is 4.74 Å². The van der Waals surface area contributed by atoms with Crippen molar-refractivity contribution in [3.8, 4) is 5.75 Å². The van der Waals surface area contributed by atoms with Crippen LogP contribution in [0.1, 0.15) is 37.9 Å². The van der Waals surface area contributed by atoms with Crippen molar-refractivity contribution in [2.45, 2.75) is 33.2 Å². The van der Waals surface area contributed by atoms with E-state index in [2.05, 4.69) is 44.3 Å². The van der Waals surface area contributed by atoms with Gasteiger partial charge in [0.05, 0.1) is 7.11 Å². The average Bonchev–Trinajstić information content (AvgIpc) is 2.34. The molecule has 3 atom stereocenters. The Hall–Kier alpha value is -1.02. The Morgan fingerprint density at radius 1 is 1.35 bits per heavy atom. The van der Waals surface area contributed by atoms with Crippen LogP contribution < -0.4 is 10.1 Å². The molecule has 1 aromatic carbocycles. The Balaban J connectivity index is 2.44. The number of nitrogens with one attached hydrogen (secondary N) is 1. The topological polar surface area (TPSA) is 21.3 Å². The third kappa shape index (κ3) is 2.19. The minimum absolute atomic E-state index is 0.467. The molecule has 1 aliphatic rings. The van der Waals surface area contributed by atoms with Crippen LogP contribution in [0.15, 0.2) is 18.2 Å². The van der Waals surface area contributed by atoms with Crippen molar-refractivity contribution in [1.29, 1.82) is 0 Å². The van der Waals surface area contributed by atoms with Crippen molar-refractivity contribution >= 4 is 0 Å². The molecular formula is C15H23NO. The predicted octanol–water partition coefficient (Wildman–Crippen LogP) is 3.17. The van der Waals surface area contributed by atoms with Crippen LogP contribution in [0.2, 0.25) is 0 Å². The highest BCUT2D eigenvalue weighted by molar-refractivity contribution is 5.44. The van der Waals surface area contributed by atoms with Gasteiger partial charge in [-0.3, -0.25) is 0 Å². The first-order valence-corrected chi connectivity index (χ1v) is 6.58. The van der Waals surface area contributed by atoms with E-state index in [1.54, 1.807) is 7.11 Å². The number of fused-ring (bicyclic) bond motifs is 1. The molecule has 0 spiro atoms. The van der Waals surface area contributed by atoms with Crippen molar-refractivity contribution in [2.75, 3.05) is 13.7 Å². The SMILES string of the molecule is CCNC1c2cccc(OC)c2CC(C)C1C. The summed E-state index contributed by atoms with van der Waals surface area (Å²) in [5.74, 6) is 2.42. The molecule has 1 aliphatic carbocycles. The van der Waals surface area contributed by atoms with Gasteiger partial charge in [0.1, 0.15) is 5.75 Å². The van der Waals surface area contributed by atoms with E-state index in [9.17, 15) is 0 Å². The van der Waals surface area contributed by atoms with Crippen LogP contribution in [0.4, 0.5) is 0 Å². The fourth-order valence-electron chi connectivity index (χ4n) is 2.92. The molecule has 2 heteroatoms. The number of rotatable bonds is 3. The summed E-state index contributed by atoms with van der Waals surface area (Å²) in [7, 11) is 1.76. The maximum atomic E-state index is 5.49. The van der Waals surface area contributed by atoms with E-state index in [1.807, 2.05) is 0 Å². The Bertz CT molecular complexity index is 389. The van der Waals surface area contributed by atoms with Crippen molar-refractivity contribution in [3.05, 3.63) is 29.3 Å². The second-order valence-electron chi connectivity index (χ2n) is 5.10. The molecule has 1 N–H and O–H groups in total. The molecule has 0 aromatic heterocycles. The molecule has 0 fully saturated rings. The lowest BCUT2D eigenvalue weighted by atomic mass is 9.74. The smallest absolute Gasteiger partial charge is 0.122 e. The van der Waals surface area contributed by atoms with Gasteiger partial charge in [-0.2, -0.15) is 0 Å². The van der Waals surface area contributed by atoms with Crippen molar-refractivity contribution in [1.82, 2.24) is 5.32 Å². The zero-order valence-corrected chi connectivity index (χ0v) is 11.3. The highest BCUT2D eigenvalue weighted by Crippen LogP contribution is 2.41. The molecule has 94 valence electrons. The van der Waals surface area contributed by atoms with Gasteiger partial charge in [-0.25, -0.2) is 0 Å². The molecule has 1 aromatic rings. The van der Waals surface area contributed by atoms with E-state index < -0.39 is 0 Å². The molecule has 0 amide bonds. The first kappa shape index (κ1) is 12.4. The largest absolute Gasteiger partial charge is 0.496 e. The number of ether oxygens (including phenoxy) is 1. The number of hydrogen-bond donors (Lipinski definition) is 1. The monoisotopic (exact) mass is 233 g/mol. The van der Waals surface area contributed by atoms with Gasteiger partial charge in [-0.1, -0.05) is 32.9 Å². The molecule has 0 aliphatic heterocycles. The molecule has 0 bridgehead atoms. The second-order valence-corrected chi connectivity index (χ2v) is 5.10. The van der Waals surface area contributed by atoms with Gasteiger partial charge in [-0.15, -0.1) is 0 Å². The van der Waals surface area contributed by atoms with Gasteiger partial charge in [0, 0.05) is 6.04 Å². The van der Waals surface area contributed by atoms with Gasteiger partial charge in [-0.05, 0) is 42.0 Å². The summed E-state index contributed by atoms with van der Waals surface area (Å²) in [5, 5.41) is 3.62. The van der Waals surface area contributed by atoms with Crippen LogP contribution in [-0.4, -0.2) is 13.7 Å². The summed E-state index contributed by atoms with van der Waals surface area (Å²) in [5.41, 5.74) is 2.82. The summed E-state index contributed by atoms with van der Waals surface area (Å²) in [4.78, 5) is 0. The van der Waals surface area contributed by atoms with Crippen LogP contribution in [0.25, 0.3) is 0 Å². The lowest BCUT2D eigenvalue weighted by molar-refractivity contribution is 0.262. The standard InChI is InChI=1S/C15H23NO/c1-5-16-15-11(3)10(2)9-13-12(15)7-6-8-14(13)17-4/h6-8,10-11,15-16H,5,9H2,1-4H3. The van der Waals surface area contributed by atoms with Crippen LogP contribution in [-0.2, 0) is 6.42 Å². The number of benzene rings is 1. The maximum Gasteiger partial charge on any atom is 0.122 e. The summed E-state index contributed by atoms with van der Waals surface area (Å²) >= 11 is 0. The molecule has 3 unspecified atom stereocenters. The summed E-state index contributed by atoms with van der Waals surface area (Å²) < 4.78 is 5.49. The first-order valence-electron chi connectivity index (χ1n) is 6.58. The van der Waals surface area contributed by atoms with Gasteiger partial charge >= 0.3 is 0 Å². The quantitative estimate of drug-likeness (QED) is 0.866. The molecule has 17 heavy (non-hydrogen) atoms. The van der Waals surface area contributed by atoms with Gasteiger partial charge in [0.25, 0.3) is 0 Å². The predicted molar refractivity (Wildman–Crippen MR) is 71.4 cm³/mol. The second kappa shape index (κ2) is 5.09. The van der Waals surface area contributed by atoms with Crippen molar-refractivity contribution in [3.63, 3.8) is 0 Å². The summed E-state index contributed by atoms with van der Waals surface area (Å²) in [6.45, 7) is 7.87.